The van der Waals surface area contributed by atoms with Crippen molar-refractivity contribution in [2.24, 2.45) is 0 Å². The van der Waals surface area contributed by atoms with Crippen LogP contribution in [0.25, 0.3) is 0 Å². The number of hydrogen-bond donors (Lipinski definition) is 1. The fraction of sp³-hybridized carbons (Fsp3) is 0.727. The van der Waals surface area contributed by atoms with Crippen molar-refractivity contribution in [3.63, 3.8) is 0 Å². The average molecular weight is 252 g/mol. The van der Waals surface area contributed by atoms with E-state index >= 15 is 0 Å². The van der Waals surface area contributed by atoms with Gasteiger partial charge in [-0.05, 0) is 20.8 Å². The van der Waals surface area contributed by atoms with Crippen LogP contribution in [0.2, 0.25) is 5.82 Å². The van der Waals surface area contributed by atoms with Crippen molar-refractivity contribution >= 4 is 13.9 Å². The number of carbonyl (C=O) groups is 1. The maximum Gasteiger partial charge on any atom is 0.408 e. The van der Waals surface area contributed by atoms with Crippen LogP contribution in [0.15, 0.2) is 12.2 Å². The van der Waals surface area contributed by atoms with Crippen LogP contribution in [0.1, 0.15) is 27.2 Å². The molecule has 98 valence electrons. The third kappa shape index (κ3) is 4.39. The molecule has 0 aromatic heterocycles. The summed E-state index contributed by atoms with van der Waals surface area (Å²) in [5, 5.41) is 13.4. The fourth-order valence-corrected chi connectivity index (χ4v) is 1.70. The lowest BCUT2D eigenvalue weighted by molar-refractivity contribution is -0.525. The van der Waals surface area contributed by atoms with Crippen molar-refractivity contribution in [1.29, 1.82) is 0 Å². The standard InChI is InChI=1S/C11H17BN2O4/c1-11(2,3)18-10(15)13-8-5-4-7(12)6-9(8)14(16)17/h4-5,7-9H,6H2,1-3H3,(H,13,15). The number of hydrogen-bond acceptors (Lipinski definition) is 4. The zero-order chi connectivity index (χ0) is 13.9. The normalized spacial score (nSPS) is 27.6. The number of amides is 1. The van der Waals surface area contributed by atoms with Gasteiger partial charge in [0, 0.05) is 11.3 Å². The van der Waals surface area contributed by atoms with E-state index in [1.807, 2.05) is 0 Å². The number of alkyl carbamates (subject to hydrolysis) is 1. The monoisotopic (exact) mass is 252 g/mol. The third-order valence-corrected chi connectivity index (χ3v) is 2.45. The summed E-state index contributed by atoms with van der Waals surface area (Å²) in [5.74, 6) is -0.350. The second kappa shape index (κ2) is 5.41. The van der Waals surface area contributed by atoms with E-state index in [0.717, 1.165) is 0 Å². The first kappa shape index (κ1) is 14.5. The van der Waals surface area contributed by atoms with E-state index in [0.29, 0.717) is 0 Å². The number of nitrogens with zero attached hydrogens (tertiary/aromatic N) is 1. The SMILES string of the molecule is [B]C1C=CC(NC(=O)OC(C)(C)C)C([N+](=O)[O-])C1. The van der Waals surface area contributed by atoms with Crippen LogP contribution in [0.5, 0.6) is 0 Å². The van der Waals surface area contributed by atoms with Crippen molar-refractivity contribution in [3.8, 4) is 0 Å². The van der Waals surface area contributed by atoms with Gasteiger partial charge in [-0.1, -0.05) is 18.0 Å². The van der Waals surface area contributed by atoms with E-state index in [-0.39, 0.29) is 12.2 Å². The Balaban J connectivity index is 2.66. The van der Waals surface area contributed by atoms with E-state index in [4.69, 9.17) is 12.6 Å². The van der Waals surface area contributed by atoms with Crippen molar-refractivity contribution in [2.75, 3.05) is 0 Å². The minimum atomic E-state index is -0.919. The maximum absolute atomic E-state index is 11.6. The van der Waals surface area contributed by atoms with Crippen LogP contribution < -0.4 is 5.32 Å². The zero-order valence-corrected chi connectivity index (χ0v) is 10.8. The molecule has 0 fully saturated rings. The van der Waals surface area contributed by atoms with Gasteiger partial charge in [-0.2, -0.15) is 0 Å². The Morgan fingerprint density at radius 1 is 1.50 bits per heavy atom. The van der Waals surface area contributed by atoms with Gasteiger partial charge in [0.05, 0.1) is 7.85 Å². The van der Waals surface area contributed by atoms with Crippen LogP contribution in [0, 0.1) is 10.1 Å². The predicted octanol–water partition coefficient (Wildman–Crippen LogP) is 1.44. The summed E-state index contributed by atoms with van der Waals surface area (Å²) in [6, 6.07) is -1.60. The molecule has 1 N–H and O–H groups in total. The van der Waals surface area contributed by atoms with Gasteiger partial charge in [-0.25, -0.2) is 4.79 Å². The molecule has 0 heterocycles. The first-order valence-electron chi connectivity index (χ1n) is 5.76. The molecule has 1 rings (SSSR count). The molecule has 18 heavy (non-hydrogen) atoms. The summed E-state index contributed by atoms with van der Waals surface area (Å²) < 4.78 is 5.06. The summed E-state index contributed by atoms with van der Waals surface area (Å²) in [5.41, 5.74) is -0.636. The van der Waals surface area contributed by atoms with E-state index in [9.17, 15) is 14.9 Å². The number of rotatable bonds is 2. The molecule has 0 spiro atoms. The van der Waals surface area contributed by atoms with Gasteiger partial charge in [-0.15, -0.1) is 0 Å². The highest BCUT2D eigenvalue weighted by atomic mass is 16.6. The Morgan fingerprint density at radius 2 is 2.11 bits per heavy atom. The fourth-order valence-electron chi connectivity index (χ4n) is 1.70. The molecular formula is C11H17BN2O4. The highest BCUT2D eigenvalue weighted by Crippen LogP contribution is 2.22. The quantitative estimate of drug-likeness (QED) is 0.349. The topological polar surface area (TPSA) is 81.5 Å². The van der Waals surface area contributed by atoms with Crippen LogP contribution >= 0.6 is 0 Å². The van der Waals surface area contributed by atoms with Gasteiger partial charge >= 0.3 is 6.09 Å². The second-order valence-electron chi connectivity index (χ2n) is 5.31. The minimum absolute atomic E-state index is 0.198. The molecule has 3 atom stereocenters. The Kier molecular flexibility index (Phi) is 4.37. The van der Waals surface area contributed by atoms with Crippen LogP contribution in [-0.4, -0.2) is 36.5 Å². The Bertz CT molecular complexity index is 365. The third-order valence-electron chi connectivity index (χ3n) is 2.45. The Labute approximate surface area is 107 Å². The lowest BCUT2D eigenvalue weighted by Crippen LogP contribution is -2.48. The van der Waals surface area contributed by atoms with E-state index < -0.39 is 28.7 Å². The molecule has 0 aromatic rings. The molecule has 2 radical (unpaired) electrons. The summed E-state index contributed by atoms with van der Waals surface area (Å²) in [4.78, 5) is 22.0. The number of nitro groups is 1. The molecular weight excluding hydrogens is 235 g/mol. The summed E-state index contributed by atoms with van der Waals surface area (Å²) in [7, 11) is 5.62. The molecule has 0 saturated heterocycles. The van der Waals surface area contributed by atoms with Gasteiger partial charge in [0.1, 0.15) is 11.6 Å². The summed E-state index contributed by atoms with van der Waals surface area (Å²) >= 11 is 0. The molecule has 1 amide bonds. The molecule has 3 unspecified atom stereocenters. The van der Waals surface area contributed by atoms with Gasteiger partial charge in [0.25, 0.3) is 0 Å². The second-order valence-corrected chi connectivity index (χ2v) is 5.31. The highest BCUT2D eigenvalue weighted by molar-refractivity contribution is 6.13. The number of carbonyl (C=O) groups excluding carboxylic acids is 1. The van der Waals surface area contributed by atoms with Crippen LogP contribution in [0.4, 0.5) is 4.79 Å². The zero-order valence-electron chi connectivity index (χ0n) is 10.8. The first-order valence-corrected chi connectivity index (χ1v) is 5.76. The average Bonchev–Trinajstić information content (AvgIpc) is 2.17. The smallest absolute Gasteiger partial charge is 0.408 e. The first-order chi connectivity index (χ1) is 8.19. The lowest BCUT2D eigenvalue weighted by atomic mass is 9.76. The van der Waals surface area contributed by atoms with Gasteiger partial charge < -0.3 is 10.1 Å². The molecule has 0 aromatic carbocycles. The molecule has 7 heteroatoms. The van der Waals surface area contributed by atoms with Crippen molar-refractivity contribution in [3.05, 3.63) is 22.3 Å². The van der Waals surface area contributed by atoms with Crippen molar-refractivity contribution in [1.82, 2.24) is 5.32 Å². The van der Waals surface area contributed by atoms with Crippen LogP contribution in [0.3, 0.4) is 0 Å². The van der Waals surface area contributed by atoms with Crippen molar-refractivity contribution < 1.29 is 14.5 Å². The molecule has 0 bridgehead atoms. The minimum Gasteiger partial charge on any atom is -0.444 e. The molecule has 0 saturated carbocycles. The van der Waals surface area contributed by atoms with E-state index in [1.54, 1.807) is 32.9 Å². The summed E-state index contributed by atoms with van der Waals surface area (Å²) in [6.07, 6.45) is 2.73. The van der Waals surface area contributed by atoms with Gasteiger partial charge in [-0.3, -0.25) is 10.1 Å². The molecule has 6 nitrogen and oxygen atoms in total. The summed E-state index contributed by atoms with van der Waals surface area (Å²) in [6.45, 7) is 5.18. The van der Waals surface area contributed by atoms with E-state index in [2.05, 4.69) is 5.32 Å². The van der Waals surface area contributed by atoms with Crippen LogP contribution in [-0.2, 0) is 4.74 Å². The van der Waals surface area contributed by atoms with E-state index in [1.165, 1.54) is 0 Å². The Morgan fingerprint density at radius 3 is 2.61 bits per heavy atom. The molecule has 1 aliphatic carbocycles. The molecule has 0 aliphatic heterocycles. The molecule has 1 aliphatic rings. The van der Waals surface area contributed by atoms with Crippen molar-refractivity contribution in [2.45, 2.75) is 50.7 Å². The van der Waals surface area contributed by atoms with Gasteiger partial charge in [0.2, 0.25) is 6.04 Å². The lowest BCUT2D eigenvalue weighted by Gasteiger charge is -2.27. The number of allylic oxidation sites excluding steroid dienone is 1. The Hall–Kier alpha value is -1.53. The predicted molar refractivity (Wildman–Crippen MR) is 67.2 cm³/mol. The largest absolute Gasteiger partial charge is 0.444 e. The number of ether oxygens (including phenoxy) is 1. The highest BCUT2D eigenvalue weighted by Gasteiger charge is 2.35. The van der Waals surface area contributed by atoms with Gasteiger partial charge in [0.15, 0.2) is 0 Å². The maximum atomic E-state index is 11.6. The number of nitrogens with one attached hydrogen (secondary N) is 1.